The maximum atomic E-state index is 4.33. The molecule has 0 atom stereocenters. The molecular formula is C20H25N5S. The van der Waals surface area contributed by atoms with Gasteiger partial charge in [-0.1, -0.05) is 32.0 Å². The molecule has 5 nitrogen and oxygen atoms in total. The highest BCUT2D eigenvalue weighted by Gasteiger charge is 2.21. The Morgan fingerprint density at radius 2 is 1.96 bits per heavy atom. The van der Waals surface area contributed by atoms with Crippen LogP contribution < -0.4 is 10.6 Å². The van der Waals surface area contributed by atoms with E-state index in [-0.39, 0.29) is 5.41 Å². The van der Waals surface area contributed by atoms with E-state index in [9.17, 15) is 0 Å². The molecule has 0 bridgehead atoms. The Labute approximate surface area is 158 Å². The van der Waals surface area contributed by atoms with Gasteiger partial charge < -0.3 is 10.6 Å². The Morgan fingerprint density at radius 1 is 1.15 bits per heavy atom. The third kappa shape index (κ3) is 4.52. The van der Waals surface area contributed by atoms with Crippen LogP contribution in [0.25, 0.3) is 5.69 Å². The van der Waals surface area contributed by atoms with E-state index >= 15 is 0 Å². The van der Waals surface area contributed by atoms with E-state index in [4.69, 9.17) is 0 Å². The van der Waals surface area contributed by atoms with Crippen molar-refractivity contribution in [1.82, 2.24) is 20.4 Å². The number of benzene rings is 1. The fourth-order valence-electron chi connectivity index (χ4n) is 2.65. The van der Waals surface area contributed by atoms with Gasteiger partial charge in [0.05, 0.1) is 5.69 Å². The maximum absolute atomic E-state index is 4.33. The number of hydrogen-bond donors (Lipinski definition) is 2. The second kappa shape index (κ2) is 8.19. The zero-order chi connectivity index (χ0) is 18.4. The molecule has 0 fully saturated rings. The number of hydrogen-bond acceptors (Lipinski definition) is 3. The summed E-state index contributed by atoms with van der Waals surface area (Å²) in [6.45, 7) is 6.03. The van der Waals surface area contributed by atoms with Crippen molar-refractivity contribution in [3.8, 4) is 5.69 Å². The molecule has 2 heterocycles. The molecule has 0 aliphatic carbocycles. The molecule has 0 radical (unpaired) electrons. The van der Waals surface area contributed by atoms with Crippen molar-refractivity contribution in [2.45, 2.75) is 25.8 Å². The van der Waals surface area contributed by atoms with Crippen LogP contribution in [0.4, 0.5) is 0 Å². The predicted molar refractivity (Wildman–Crippen MR) is 109 cm³/mol. The molecule has 3 aromatic rings. The number of aliphatic imine (C=N–C) groups is 1. The van der Waals surface area contributed by atoms with E-state index in [0.29, 0.717) is 0 Å². The minimum atomic E-state index is 0.0667. The van der Waals surface area contributed by atoms with Crippen molar-refractivity contribution in [2.75, 3.05) is 13.6 Å². The van der Waals surface area contributed by atoms with Crippen molar-refractivity contribution in [3.63, 3.8) is 0 Å². The second-order valence-electron chi connectivity index (χ2n) is 6.76. The highest BCUT2D eigenvalue weighted by Crippen LogP contribution is 2.26. The van der Waals surface area contributed by atoms with E-state index in [1.165, 1.54) is 10.4 Å². The van der Waals surface area contributed by atoms with Gasteiger partial charge in [0, 0.05) is 42.8 Å². The van der Waals surface area contributed by atoms with Crippen LogP contribution in [0.2, 0.25) is 0 Å². The third-order valence-electron chi connectivity index (χ3n) is 4.27. The third-order valence-corrected chi connectivity index (χ3v) is 5.51. The Bertz CT molecular complexity index is 818. The summed E-state index contributed by atoms with van der Waals surface area (Å²) in [5.41, 5.74) is 2.32. The van der Waals surface area contributed by atoms with Crippen molar-refractivity contribution >= 4 is 17.3 Å². The number of nitrogens with one attached hydrogen (secondary N) is 2. The quantitative estimate of drug-likeness (QED) is 0.517. The topological polar surface area (TPSA) is 54.2 Å². The fraction of sp³-hybridized carbons (Fsp3) is 0.300. The summed E-state index contributed by atoms with van der Waals surface area (Å²) >= 11 is 1.79. The SMILES string of the molecule is CN=C(NCc1ccc(-n2cccn2)cc1)NCC(C)(C)c1cccs1. The van der Waals surface area contributed by atoms with Crippen LogP contribution in [0, 0.1) is 0 Å². The number of thiophene rings is 1. The minimum Gasteiger partial charge on any atom is -0.356 e. The zero-order valence-electron chi connectivity index (χ0n) is 15.4. The first kappa shape index (κ1) is 18.2. The van der Waals surface area contributed by atoms with Crippen molar-refractivity contribution in [3.05, 3.63) is 70.7 Å². The normalized spacial score (nSPS) is 12.2. The van der Waals surface area contributed by atoms with Crippen molar-refractivity contribution in [2.24, 2.45) is 4.99 Å². The molecular weight excluding hydrogens is 342 g/mol. The molecule has 136 valence electrons. The van der Waals surface area contributed by atoms with E-state index in [0.717, 1.165) is 24.7 Å². The van der Waals surface area contributed by atoms with Gasteiger partial charge in [-0.2, -0.15) is 5.10 Å². The smallest absolute Gasteiger partial charge is 0.191 e. The molecule has 2 aromatic heterocycles. The first-order valence-corrected chi connectivity index (χ1v) is 9.54. The Hall–Kier alpha value is -2.60. The van der Waals surface area contributed by atoms with E-state index in [2.05, 4.69) is 76.4 Å². The van der Waals surface area contributed by atoms with Gasteiger partial charge in [-0.3, -0.25) is 4.99 Å². The molecule has 0 saturated heterocycles. The average Bonchev–Trinajstić information content (AvgIpc) is 3.36. The summed E-state index contributed by atoms with van der Waals surface area (Å²) < 4.78 is 1.85. The first-order chi connectivity index (χ1) is 12.6. The lowest BCUT2D eigenvalue weighted by atomic mass is 9.91. The first-order valence-electron chi connectivity index (χ1n) is 8.66. The van der Waals surface area contributed by atoms with Crippen molar-refractivity contribution in [1.29, 1.82) is 0 Å². The molecule has 0 saturated carbocycles. The molecule has 6 heteroatoms. The van der Waals surface area contributed by atoms with E-state index in [1.54, 1.807) is 24.6 Å². The van der Waals surface area contributed by atoms with Gasteiger partial charge in [0.2, 0.25) is 0 Å². The standard InChI is InChI=1S/C20H25N5S/c1-20(2,18-6-4-13-26-18)15-23-19(21-3)22-14-16-7-9-17(10-8-16)25-12-5-11-24-25/h4-13H,14-15H2,1-3H3,(H2,21,22,23). The molecule has 0 unspecified atom stereocenters. The average molecular weight is 368 g/mol. The summed E-state index contributed by atoms with van der Waals surface area (Å²) in [6.07, 6.45) is 3.72. The van der Waals surface area contributed by atoms with Crippen LogP contribution in [0.3, 0.4) is 0 Å². The summed E-state index contributed by atoms with van der Waals surface area (Å²) in [7, 11) is 1.80. The Morgan fingerprint density at radius 3 is 2.58 bits per heavy atom. The van der Waals surface area contributed by atoms with Gasteiger partial charge in [0.1, 0.15) is 0 Å². The van der Waals surface area contributed by atoms with E-state index < -0.39 is 0 Å². The van der Waals surface area contributed by atoms with Gasteiger partial charge in [-0.25, -0.2) is 4.68 Å². The van der Waals surface area contributed by atoms with Crippen LogP contribution in [0.5, 0.6) is 0 Å². The van der Waals surface area contributed by atoms with Crippen LogP contribution in [0.1, 0.15) is 24.3 Å². The predicted octanol–water partition coefficient (Wildman–Crippen LogP) is 3.58. The van der Waals surface area contributed by atoms with Gasteiger partial charge in [-0.05, 0) is 35.2 Å². The van der Waals surface area contributed by atoms with Gasteiger partial charge in [-0.15, -0.1) is 11.3 Å². The largest absolute Gasteiger partial charge is 0.356 e. The molecule has 1 aromatic carbocycles. The summed E-state index contributed by atoms with van der Waals surface area (Å²) in [4.78, 5) is 5.70. The lowest BCUT2D eigenvalue weighted by Gasteiger charge is -2.25. The van der Waals surface area contributed by atoms with Crippen LogP contribution in [-0.4, -0.2) is 29.3 Å². The molecule has 0 spiro atoms. The molecule has 0 aliphatic rings. The van der Waals surface area contributed by atoms with Crippen LogP contribution in [-0.2, 0) is 12.0 Å². The highest BCUT2D eigenvalue weighted by atomic mass is 32.1. The lowest BCUT2D eigenvalue weighted by Crippen LogP contribution is -2.42. The number of aromatic nitrogens is 2. The van der Waals surface area contributed by atoms with Gasteiger partial charge >= 0.3 is 0 Å². The Balaban J connectivity index is 1.53. The maximum Gasteiger partial charge on any atom is 0.191 e. The molecule has 2 N–H and O–H groups in total. The molecule has 26 heavy (non-hydrogen) atoms. The van der Waals surface area contributed by atoms with Gasteiger partial charge in [0.25, 0.3) is 0 Å². The lowest BCUT2D eigenvalue weighted by molar-refractivity contribution is 0.518. The monoisotopic (exact) mass is 367 g/mol. The highest BCUT2D eigenvalue weighted by molar-refractivity contribution is 7.10. The minimum absolute atomic E-state index is 0.0667. The number of guanidine groups is 1. The van der Waals surface area contributed by atoms with E-state index in [1.807, 2.05) is 16.9 Å². The number of rotatable bonds is 6. The molecule has 0 amide bonds. The van der Waals surface area contributed by atoms with Crippen LogP contribution in [0.15, 0.2) is 65.2 Å². The molecule has 3 rings (SSSR count). The molecule has 0 aliphatic heterocycles. The van der Waals surface area contributed by atoms with Gasteiger partial charge in [0.15, 0.2) is 5.96 Å². The van der Waals surface area contributed by atoms with Crippen molar-refractivity contribution < 1.29 is 0 Å². The zero-order valence-corrected chi connectivity index (χ0v) is 16.3. The second-order valence-corrected chi connectivity index (χ2v) is 7.71. The summed E-state index contributed by atoms with van der Waals surface area (Å²) in [6, 6.07) is 14.5. The fourth-order valence-corrected chi connectivity index (χ4v) is 3.50. The summed E-state index contributed by atoms with van der Waals surface area (Å²) in [5.74, 6) is 0.811. The Kier molecular flexibility index (Phi) is 5.73. The summed E-state index contributed by atoms with van der Waals surface area (Å²) in [5, 5.41) is 13.2. The van der Waals surface area contributed by atoms with Crippen LogP contribution >= 0.6 is 11.3 Å². The number of nitrogens with zero attached hydrogens (tertiary/aromatic N) is 3.